The van der Waals surface area contributed by atoms with Crippen LogP contribution in [0.1, 0.15) is 80.3 Å². The molecule has 4 heteroatoms. The maximum atomic E-state index is 12.6. The molecule has 1 saturated heterocycles. The second-order valence-electron chi connectivity index (χ2n) is 10.8. The molecule has 0 bridgehead atoms. The van der Waals surface area contributed by atoms with Crippen LogP contribution in [0.25, 0.3) is 0 Å². The second-order valence-corrected chi connectivity index (χ2v) is 10.8. The predicted molar refractivity (Wildman–Crippen MR) is 135 cm³/mol. The van der Waals surface area contributed by atoms with Gasteiger partial charge in [0.25, 0.3) is 0 Å². The molecule has 4 nitrogen and oxygen atoms in total. The summed E-state index contributed by atoms with van der Waals surface area (Å²) in [5, 5.41) is 0. The van der Waals surface area contributed by atoms with E-state index in [9.17, 15) is 4.79 Å². The lowest BCUT2D eigenvalue weighted by atomic mass is 9.79. The zero-order valence-electron chi connectivity index (χ0n) is 21.7. The van der Waals surface area contributed by atoms with Crippen LogP contribution in [0, 0.1) is 27.7 Å². The van der Waals surface area contributed by atoms with Crippen LogP contribution in [0.15, 0.2) is 36.4 Å². The first kappa shape index (κ1) is 25.3. The molecule has 0 N–H and O–H groups in total. The molecule has 2 aromatic carbocycles. The molecule has 1 unspecified atom stereocenters. The number of ether oxygens (including phenoxy) is 2. The smallest absolute Gasteiger partial charge is 0.413 e. The highest BCUT2D eigenvalue weighted by Crippen LogP contribution is 2.34. The van der Waals surface area contributed by atoms with E-state index in [1.165, 1.54) is 27.8 Å². The van der Waals surface area contributed by atoms with Gasteiger partial charge in [0.2, 0.25) is 6.29 Å². The van der Waals surface area contributed by atoms with E-state index in [-0.39, 0.29) is 11.5 Å². The first-order valence-corrected chi connectivity index (χ1v) is 12.2. The predicted octanol–water partition coefficient (Wildman–Crippen LogP) is 7.10. The van der Waals surface area contributed by atoms with Crippen LogP contribution < -0.4 is 0 Å². The van der Waals surface area contributed by atoms with Crippen molar-refractivity contribution >= 4 is 6.09 Å². The molecule has 3 rings (SSSR count). The van der Waals surface area contributed by atoms with Gasteiger partial charge < -0.3 is 9.47 Å². The van der Waals surface area contributed by atoms with Gasteiger partial charge in [-0.25, -0.2) is 4.79 Å². The van der Waals surface area contributed by atoms with Crippen LogP contribution in [0.3, 0.4) is 0 Å². The Morgan fingerprint density at radius 1 is 0.879 bits per heavy atom. The fourth-order valence-corrected chi connectivity index (χ4v) is 4.45. The summed E-state index contributed by atoms with van der Waals surface area (Å²) in [6.45, 7) is 18.3. The number of rotatable bonds is 9. The molecule has 1 aliphatic heterocycles. The molecule has 180 valence electrons. The summed E-state index contributed by atoms with van der Waals surface area (Å²) in [5.74, 6) is 0. The molecule has 1 atom stereocenters. The Balaban J connectivity index is 1.48. The lowest BCUT2D eigenvalue weighted by molar-refractivity contribution is -0.0776. The zero-order valence-corrected chi connectivity index (χ0v) is 21.7. The normalized spacial score (nSPS) is 16.9. The molecular formula is C29H41NO3. The molecule has 1 fully saturated rings. The van der Waals surface area contributed by atoms with Gasteiger partial charge in [0, 0.05) is 0 Å². The Morgan fingerprint density at radius 3 is 2.06 bits per heavy atom. The first-order valence-electron chi connectivity index (χ1n) is 12.2. The summed E-state index contributed by atoms with van der Waals surface area (Å²) >= 11 is 0. The molecule has 1 aliphatic rings. The fourth-order valence-electron chi connectivity index (χ4n) is 4.45. The summed E-state index contributed by atoms with van der Waals surface area (Å²) < 4.78 is 11.5. The Bertz CT molecular complexity index is 992. The highest BCUT2D eigenvalue weighted by atomic mass is 16.7. The summed E-state index contributed by atoms with van der Waals surface area (Å²) in [6.07, 6.45) is 2.30. The van der Waals surface area contributed by atoms with Crippen molar-refractivity contribution in [3.63, 3.8) is 0 Å². The van der Waals surface area contributed by atoms with E-state index in [0.717, 1.165) is 24.8 Å². The number of hydrogen-bond acceptors (Lipinski definition) is 3. The van der Waals surface area contributed by atoms with Gasteiger partial charge in [-0.1, -0.05) is 56.7 Å². The van der Waals surface area contributed by atoms with Crippen LogP contribution in [0.2, 0.25) is 0 Å². The number of nitrogens with zero attached hydrogens (tertiary/aromatic N) is 1. The number of carbonyl (C=O) groups is 1. The lowest BCUT2D eigenvalue weighted by Gasteiger charge is -2.34. The van der Waals surface area contributed by atoms with E-state index in [0.29, 0.717) is 13.2 Å². The van der Waals surface area contributed by atoms with Crippen molar-refractivity contribution in [1.82, 2.24) is 4.90 Å². The molecular weight excluding hydrogens is 410 g/mol. The molecule has 0 radical (unpaired) electrons. The maximum Gasteiger partial charge on any atom is 0.413 e. The SMILES string of the molecule is Cc1ccc(C(C)(C)CCCCOC2CN(C(C)(C)c3ccc(C)c(C)c3)C(=O)O2)cc1C. The summed E-state index contributed by atoms with van der Waals surface area (Å²) in [6, 6.07) is 13.2. The number of carbonyl (C=O) groups excluding carboxylic acids is 1. The van der Waals surface area contributed by atoms with E-state index >= 15 is 0 Å². The van der Waals surface area contributed by atoms with Crippen molar-refractivity contribution in [3.05, 3.63) is 69.8 Å². The zero-order chi connectivity index (χ0) is 24.4. The number of amides is 1. The van der Waals surface area contributed by atoms with Crippen molar-refractivity contribution in [3.8, 4) is 0 Å². The Kier molecular flexibility index (Phi) is 7.58. The van der Waals surface area contributed by atoms with Crippen molar-refractivity contribution in [1.29, 1.82) is 0 Å². The first-order chi connectivity index (χ1) is 15.4. The third-order valence-corrected chi connectivity index (χ3v) is 7.46. The molecule has 1 amide bonds. The molecule has 2 aromatic rings. The number of aryl methyl sites for hydroxylation is 4. The van der Waals surface area contributed by atoms with E-state index < -0.39 is 11.8 Å². The van der Waals surface area contributed by atoms with Gasteiger partial charge in [-0.05, 0) is 93.2 Å². The van der Waals surface area contributed by atoms with Crippen LogP contribution in [-0.4, -0.2) is 30.4 Å². The Morgan fingerprint density at radius 2 is 1.45 bits per heavy atom. The van der Waals surface area contributed by atoms with Crippen molar-refractivity contribution in [2.24, 2.45) is 0 Å². The van der Waals surface area contributed by atoms with E-state index in [1.807, 2.05) is 0 Å². The monoisotopic (exact) mass is 451 g/mol. The quantitative estimate of drug-likeness (QED) is 0.382. The van der Waals surface area contributed by atoms with E-state index in [2.05, 4.69) is 91.8 Å². The topological polar surface area (TPSA) is 38.8 Å². The Hall–Kier alpha value is -2.33. The van der Waals surface area contributed by atoms with Crippen LogP contribution in [-0.2, 0) is 20.4 Å². The van der Waals surface area contributed by atoms with Gasteiger partial charge in [0.15, 0.2) is 0 Å². The van der Waals surface area contributed by atoms with Crippen LogP contribution in [0.5, 0.6) is 0 Å². The minimum absolute atomic E-state index is 0.130. The third-order valence-electron chi connectivity index (χ3n) is 7.46. The summed E-state index contributed by atoms with van der Waals surface area (Å²) in [5.41, 5.74) is 7.33. The minimum atomic E-state index is -0.504. The molecule has 0 spiro atoms. The highest BCUT2D eigenvalue weighted by molar-refractivity contribution is 5.71. The minimum Gasteiger partial charge on any atom is -0.417 e. The number of benzene rings is 2. The molecule has 1 heterocycles. The summed E-state index contributed by atoms with van der Waals surface area (Å²) in [4.78, 5) is 14.4. The van der Waals surface area contributed by atoms with Gasteiger partial charge in [-0.15, -0.1) is 0 Å². The number of cyclic esters (lactones) is 1. The maximum absolute atomic E-state index is 12.6. The second kappa shape index (κ2) is 9.89. The van der Waals surface area contributed by atoms with Crippen molar-refractivity contribution in [2.45, 2.75) is 91.9 Å². The van der Waals surface area contributed by atoms with Crippen molar-refractivity contribution in [2.75, 3.05) is 13.2 Å². The third kappa shape index (κ3) is 5.78. The van der Waals surface area contributed by atoms with E-state index in [1.54, 1.807) is 4.90 Å². The average Bonchev–Trinajstić information content (AvgIpc) is 3.12. The van der Waals surface area contributed by atoms with Gasteiger partial charge in [-0.2, -0.15) is 0 Å². The van der Waals surface area contributed by atoms with Crippen LogP contribution >= 0.6 is 0 Å². The molecule has 0 aromatic heterocycles. The highest BCUT2D eigenvalue weighted by Gasteiger charge is 2.42. The average molecular weight is 452 g/mol. The van der Waals surface area contributed by atoms with Gasteiger partial charge in [0.1, 0.15) is 0 Å². The van der Waals surface area contributed by atoms with Gasteiger partial charge in [0.05, 0.1) is 18.7 Å². The van der Waals surface area contributed by atoms with Crippen molar-refractivity contribution < 1.29 is 14.3 Å². The molecule has 0 saturated carbocycles. The number of unbranched alkanes of at least 4 members (excludes halogenated alkanes) is 1. The largest absolute Gasteiger partial charge is 0.417 e. The number of hydrogen-bond donors (Lipinski definition) is 0. The molecule has 33 heavy (non-hydrogen) atoms. The van der Waals surface area contributed by atoms with Crippen LogP contribution in [0.4, 0.5) is 4.79 Å². The fraction of sp³-hybridized carbons (Fsp3) is 0.552. The van der Waals surface area contributed by atoms with Gasteiger partial charge >= 0.3 is 6.09 Å². The summed E-state index contributed by atoms with van der Waals surface area (Å²) in [7, 11) is 0. The van der Waals surface area contributed by atoms with E-state index in [4.69, 9.17) is 9.47 Å². The molecule has 0 aliphatic carbocycles. The van der Waals surface area contributed by atoms with Gasteiger partial charge in [-0.3, -0.25) is 4.90 Å². The Labute approximate surface area is 200 Å². The lowest BCUT2D eigenvalue weighted by Crippen LogP contribution is -2.42. The standard InChI is InChI=1S/C29H41NO3/c1-20-11-13-24(17-22(20)3)28(5,6)15-9-10-16-32-26-19-30(27(31)33-26)29(7,8)25-14-12-21(2)23(4)18-25/h11-14,17-18,26H,9-10,15-16,19H2,1-8H3.